The molecule has 0 aliphatic heterocycles. The lowest BCUT2D eigenvalue weighted by atomic mass is 10.2. The molecule has 8 nitrogen and oxygen atoms in total. The Balaban J connectivity index is 1.97. The second-order valence-electron chi connectivity index (χ2n) is 4.55. The molecule has 24 heavy (non-hydrogen) atoms. The monoisotopic (exact) mass is 369 g/mol. The molecule has 1 aromatic heterocycles. The van der Waals surface area contributed by atoms with Crippen molar-refractivity contribution in [3.05, 3.63) is 23.2 Å². The highest BCUT2D eigenvalue weighted by molar-refractivity contribution is 7.99. The van der Waals surface area contributed by atoms with E-state index in [0.717, 1.165) is 11.8 Å². The first-order valence-corrected chi connectivity index (χ1v) is 8.26. The number of methoxy groups -OCH3 is 1. The molecule has 0 spiro atoms. The van der Waals surface area contributed by atoms with Crippen molar-refractivity contribution >= 4 is 35.2 Å². The summed E-state index contributed by atoms with van der Waals surface area (Å²) in [6, 6.07) is 5.16. The van der Waals surface area contributed by atoms with Gasteiger partial charge in [-0.2, -0.15) is 0 Å². The number of rotatable bonds is 7. The van der Waals surface area contributed by atoms with Crippen LogP contribution in [0.4, 0.5) is 0 Å². The quantitative estimate of drug-likeness (QED) is 0.630. The molecule has 0 fully saturated rings. The molecule has 2 rings (SSSR count). The van der Waals surface area contributed by atoms with Crippen LogP contribution in [0, 0.1) is 0 Å². The molecule has 0 saturated carbocycles. The smallest absolute Gasteiger partial charge is 0.239 e. The highest BCUT2D eigenvalue weighted by Crippen LogP contribution is 2.31. The lowest BCUT2D eigenvalue weighted by Gasteiger charge is -2.05. The lowest BCUT2D eigenvalue weighted by molar-refractivity contribution is -0.124. The van der Waals surface area contributed by atoms with Gasteiger partial charge in [0.25, 0.3) is 0 Å². The number of hydrogen-bond acceptors (Lipinski definition) is 6. The van der Waals surface area contributed by atoms with Crippen molar-refractivity contribution < 1.29 is 14.3 Å². The molecule has 0 atom stereocenters. The number of aromatic amines is 1. The summed E-state index contributed by atoms with van der Waals surface area (Å²) in [5, 5.41) is 12.7. The summed E-state index contributed by atoms with van der Waals surface area (Å²) in [7, 11) is 3.05. The van der Waals surface area contributed by atoms with Crippen LogP contribution in [0.5, 0.6) is 5.75 Å². The predicted molar refractivity (Wildman–Crippen MR) is 91.2 cm³/mol. The third kappa shape index (κ3) is 4.87. The number of aromatic nitrogens is 3. The van der Waals surface area contributed by atoms with Gasteiger partial charge < -0.3 is 15.4 Å². The van der Waals surface area contributed by atoms with E-state index in [1.165, 1.54) is 7.05 Å². The van der Waals surface area contributed by atoms with Crippen LogP contribution in [-0.4, -0.2) is 53.5 Å². The fraction of sp³-hybridized carbons (Fsp3) is 0.286. The van der Waals surface area contributed by atoms with Crippen LogP contribution in [-0.2, 0) is 9.59 Å². The Morgan fingerprint density at radius 2 is 2.17 bits per heavy atom. The second kappa shape index (κ2) is 8.55. The van der Waals surface area contributed by atoms with Crippen LogP contribution in [0.3, 0.4) is 0 Å². The number of hydrogen-bond donors (Lipinski definition) is 3. The molecule has 2 amide bonds. The van der Waals surface area contributed by atoms with Crippen LogP contribution >= 0.6 is 23.4 Å². The summed E-state index contributed by atoms with van der Waals surface area (Å²) in [4.78, 5) is 27.0. The van der Waals surface area contributed by atoms with E-state index in [4.69, 9.17) is 16.3 Å². The van der Waals surface area contributed by atoms with Crippen molar-refractivity contribution in [2.75, 3.05) is 26.5 Å². The Kier molecular flexibility index (Phi) is 6.44. The zero-order chi connectivity index (χ0) is 17.5. The topological polar surface area (TPSA) is 109 Å². The highest BCUT2D eigenvalue weighted by Gasteiger charge is 2.13. The maximum atomic E-state index is 11.6. The summed E-state index contributed by atoms with van der Waals surface area (Å²) in [5.74, 6) is 0.649. The molecule has 1 aromatic carbocycles. The second-order valence-corrected chi connectivity index (χ2v) is 5.93. The fourth-order valence-electron chi connectivity index (χ4n) is 1.75. The Hall–Kier alpha value is -2.26. The normalized spacial score (nSPS) is 10.3. The molecule has 0 aliphatic carbocycles. The zero-order valence-corrected chi connectivity index (χ0v) is 14.6. The van der Waals surface area contributed by atoms with Gasteiger partial charge in [0.2, 0.25) is 17.0 Å². The van der Waals surface area contributed by atoms with E-state index < -0.39 is 0 Å². The summed E-state index contributed by atoms with van der Waals surface area (Å²) < 4.78 is 5.27. The average Bonchev–Trinajstić information content (AvgIpc) is 3.06. The molecule has 0 aliphatic rings. The van der Waals surface area contributed by atoms with E-state index in [1.54, 1.807) is 25.3 Å². The Morgan fingerprint density at radius 3 is 2.88 bits per heavy atom. The van der Waals surface area contributed by atoms with Gasteiger partial charge in [0.15, 0.2) is 5.82 Å². The van der Waals surface area contributed by atoms with E-state index in [0.29, 0.717) is 27.3 Å². The molecular formula is C14H16ClN5O3S. The Labute approximate surface area is 147 Å². The van der Waals surface area contributed by atoms with Gasteiger partial charge >= 0.3 is 0 Å². The van der Waals surface area contributed by atoms with Gasteiger partial charge in [-0.15, -0.1) is 5.10 Å². The van der Waals surface area contributed by atoms with Crippen LogP contribution in [0.25, 0.3) is 11.4 Å². The van der Waals surface area contributed by atoms with Gasteiger partial charge in [0.05, 0.1) is 25.0 Å². The first kappa shape index (κ1) is 18.1. The molecule has 3 N–H and O–H groups in total. The van der Waals surface area contributed by atoms with Crippen molar-refractivity contribution in [3.8, 4) is 17.1 Å². The summed E-state index contributed by atoms with van der Waals surface area (Å²) in [6.07, 6.45) is 0. The number of nitrogens with zero attached hydrogens (tertiary/aromatic N) is 2. The van der Waals surface area contributed by atoms with Gasteiger partial charge in [-0.3, -0.25) is 14.7 Å². The van der Waals surface area contributed by atoms with E-state index in [9.17, 15) is 9.59 Å². The van der Waals surface area contributed by atoms with Gasteiger partial charge in [-0.1, -0.05) is 23.4 Å². The molecule has 0 unspecified atom stereocenters. The largest absolute Gasteiger partial charge is 0.496 e. The van der Waals surface area contributed by atoms with Crippen LogP contribution in [0.15, 0.2) is 23.4 Å². The van der Waals surface area contributed by atoms with Crippen LogP contribution < -0.4 is 15.4 Å². The summed E-state index contributed by atoms with van der Waals surface area (Å²) in [5.41, 5.74) is 0.674. The number of carbonyl (C=O) groups excluding carboxylic acids is 2. The number of benzene rings is 1. The maximum absolute atomic E-state index is 11.6. The van der Waals surface area contributed by atoms with Gasteiger partial charge in [-0.05, 0) is 18.2 Å². The lowest BCUT2D eigenvalue weighted by Crippen LogP contribution is -2.36. The van der Waals surface area contributed by atoms with Crippen molar-refractivity contribution in [1.82, 2.24) is 25.8 Å². The minimum absolute atomic E-state index is 0.0607. The third-order valence-corrected chi connectivity index (χ3v) is 4.02. The first-order chi connectivity index (χ1) is 11.5. The van der Waals surface area contributed by atoms with E-state index in [2.05, 4.69) is 25.8 Å². The van der Waals surface area contributed by atoms with E-state index >= 15 is 0 Å². The van der Waals surface area contributed by atoms with Crippen molar-refractivity contribution in [2.45, 2.75) is 5.16 Å². The number of ether oxygens (including phenoxy) is 1. The number of thioether (sulfide) groups is 1. The molecule has 10 heteroatoms. The maximum Gasteiger partial charge on any atom is 0.239 e. The molecule has 0 saturated heterocycles. The summed E-state index contributed by atoms with van der Waals surface area (Å²) >= 11 is 7.15. The van der Waals surface area contributed by atoms with Crippen molar-refractivity contribution in [1.29, 1.82) is 0 Å². The number of likely N-dealkylation sites (N-methyl/N-ethyl adjacent to an activating group) is 1. The SMILES string of the molecule is CNC(=O)CNC(=O)CSc1n[nH]c(-c2cc(Cl)ccc2OC)n1. The predicted octanol–water partition coefficient (Wildman–Crippen LogP) is 1.09. The van der Waals surface area contributed by atoms with Gasteiger partial charge in [0, 0.05) is 12.1 Å². The Morgan fingerprint density at radius 1 is 1.38 bits per heavy atom. The van der Waals surface area contributed by atoms with Crippen molar-refractivity contribution in [2.24, 2.45) is 0 Å². The minimum atomic E-state index is -0.282. The van der Waals surface area contributed by atoms with Crippen molar-refractivity contribution in [3.63, 3.8) is 0 Å². The standard InChI is InChI=1S/C14H16ClN5O3S/c1-16-11(21)6-17-12(22)7-24-14-18-13(19-20-14)9-5-8(15)3-4-10(9)23-2/h3-5H,6-7H2,1-2H3,(H,16,21)(H,17,22)(H,18,19,20). The molecular weight excluding hydrogens is 354 g/mol. The number of amides is 2. The third-order valence-electron chi connectivity index (χ3n) is 2.94. The minimum Gasteiger partial charge on any atom is -0.496 e. The first-order valence-electron chi connectivity index (χ1n) is 6.90. The zero-order valence-electron chi connectivity index (χ0n) is 13.1. The molecule has 0 radical (unpaired) electrons. The van der Waals surface area contributed by atoms with Gasteiger partial charge in [-0.25, -0.2) is 4.98 Å². The number of carbonyl (C=O) groups is 2. The average molecular weight is 370 g/mol. The molecule has 1 heterocycles. The number of nitrogens with one attached hydrogen (secondary N) is 3. The van der Waals surface area contributed by atoms with Crippen LogP contribution in [0.1, 0.15) is 0 Å². The van der Waals surface area contributed by atoms with E-state index in [-0.39, 0.29) is 24.1 Å². The Bertz CT molecular complexity index is 737. The fourth-order valence-corrected chi connectivity index (χ4v) is 2.55. The number of H-pyrrole nitrogens is 1. The van der Waals surface area contributed by atoms with E-state index in [1.807, 2.05) is 0 Å². The number of halogens is 1. The molecule has 2 aromatic rings. The summed E-state index contributed by atoms with van der Waals surface area (Å²) in [6.45, 7) is -0.0607. The van der Waals surface area contributed by atoms with Gasteiger partial charge in [0.1, 0.15) is 5.75 Å². The molecule has 0 bridgehead atoms. The highest BCUT2D eigenvalue weighted by atomic mass is 35.5. The molecule has 128 valence electrons. The van der Waals surface area contributed by atoms with Crippen LogP contribution in [0.2, 0.25) is 5.02 Å².